The predicted molar refractivity (Wildman–Crippen MR) is 107 cm³/mol. The number of nitrogens with zero attached hydrogens (tertiary/aromatic N) is 1. The number of pyridine rings is 2. The van der Waals surface area contributed by atoms with Crippen LogP contribution in [-0.4, -0.2) is 28.8 Å². The van der Waals surface area contributed by atoms with Crippen LogP contribution in [0.15, 0.2) is 53.5 Å². The largest absolute Gasteiger partial charge is 0.573 e. The van der Waals surface area contributed by atoms with Crippen LogP contribution in [-0.2, 0) is 5.54 Å². The fraction of sp³-hybridized carbons (Fsp3) is 0.227. The van der Waals surface area contributed by atoms with Gasteiger partial charge in [-0.05, 0) is 42.8 Å². The quantitative estimate of drug-likeness (QED) is 0.577. The molecule has 33 heavy (non-hydrogen) atoms. The minimum Gasteiger partial charge on any atom is -0.491 e. The highest BCUT2D eigenvalue weighted by atomic mass is 19.4. The maximum Gasteiger partial charge on any atom is 0.573 e. The van der Waals surface area contributed by atoms with Gasteiger partial charge >= 0.3 is 6.36 Å². The number of rotatable bonds is 4. The van der Waals surface area contributed by atoms with Gasteiger partial charge in [-0.3, -0.25) is 14.6 Å². The van der Waals surface area contributed by atoms with E-state index < -0.39 is 34.9 Å². The van der Waals surface area contributed by atoms with Crippen molar-refractivity contribution in [3.8, 4) is 11.5 Å². The third kappa shape index (κ3) is 4.52. The van der Waals surface area contributed by atoms with Crippen LogP contribution in [0.3, 0.4) is 0 Å². The van der Waals surface area contributed by atoms with E-state index in [2.05, 4.69) is 20.0 Å². The van der Waals surface area contributed by atoms with Crippen LogP contribution in [0.25, 0.3) is 0 Å². The summed E-state index contributed by atoms with van der Waals surface area (Å²) in [6, 6.07) is 8.77. The minimum absolute atomic E-state index is 0.116. The second kappa shape index (κ2) is 8.23. The van der Waals surface area contributed by atoms with Gasteiger partial charge in [0.05, 0.1) is 12.2 Å². The van der Waals surface area contributed by atoms with E-state index in [4.69, 9.17) is 4.74 Å². The Hall–Kier alpha value is -3.89. The summed E-state index contributed by atoms with van der Waals surface area (Å²) in [5, 5.41) is 2.83. The lowest BCUT2D eigenvalue weighted by molar-refractivity contribution is -0.275. The third-order valence-electron chi connectivity index (χ3n) is 5.16. The zero-order chi connectivity index (χ0) is 23.8. The van der Waals surface area contributed by atoms with Crippen molar-refractivity contribution >= 4 is 5.91 Å². The highest BCUT2D eigenvalue weighted by Crippen LogP contribution is 2.42. The van der Waals surface area contributed by atoms with E-state index in [9.17, 15) is 27.2 Å². The van der Waals surface area contributed by atoms with Crippen molar-refractivity contribution in [2.45, 2.75) is 25.2 Å². The molecular weight excluding hydrogens is 446 g/mol. The van der Waals surface area contributed by atoms with Crippen LogP contribution >= 0.6 is 0 Å². The number of halogens is 4. The lowest BCUT2D eigenvalue weighted by atomic mass is 9.81. The van der Waals surface area contributed by atoms with Gasteiger partial charge in [-0.15, -0.1) is 13.2 Å². The summed E-state index contributed by atoms with van der Waals surface area (Å²) in [5.74, 6) is -2.54. The summed E-state index contributed by atoms with van der Waals surface area (Å²) in [6.45, 7) is 1.83. The second-order valence-electron chi connectivity index (χ2n) is 7.39. The maximum atomic E-state index is 14.6. The van der Waals surface area contributed by atoms with Crippen LogP contribution in [0.1, 0.15) is 33.7 Å². The molecule has 1 aliphatic rings. The van der Waals surface area contributed by atoms with Crippen molar-refractivity contribution in [1.82, 2.24) is 15.3 Å². The van der Waals surface area contributed by atoms with Crippen molar-refractivity contribution in [2.24, 2.45) is 0 Å². The summed E-state index contributed by atoms with van der Waals surface area (Å²) >= 11 is 0. The molecule has 172 valence electrons. The number of aromatic amines is 1. The monoisotopic (exact) mass is 463 g/mol. The molecule has 1 aromatic carbocycles. The summed E-state index contributed by atoms with van der Waals surface area (Å²) < 4.78 is 61.8. The third-order valence-corrected chi connectivity index (χ3v) is 5.16. The van der Waals surface area contributed by atoms with Gasteiger partial charge in [0, 0.05) is 24.4 Å². The topological polar surface area (TPSA) is 93.3 Å². The van der Waals surface area contributed by atoms with Gasteiger partial charge in [0.1, 0.15) is 17.0 Å². The molecule has 0 fully saturated rings. The first-order valence-corrected chi connectivity index (χ1v) is 9.75. The molecule has 1 atom stereocenters. The van der Waals surface area contributed by atoms with Gasteiger partial charge in [0.2, 0.25) is 5.56 Å². The molecule has 7 nitrogen and oxygen atoms in total. The SMILES string of the molecule is Cc1ccc2c(n1)[C@@](NC(=O)c1ccc(=O)[nH]c1)(c1ccc(OC(F)(F)F)c(F)c1)CCO2. The fourth-order valence-corrected chi connectivity index (χ4v) is 3.67. The Bertz CT molecular complexity index is 1250. The Balaban J connectivity index is 1.84. The molecule has 1 amide bonds. The van der Waals surface area contributed by atoms with Gasteiger partial charge < -0.3 is 19.8 Å². The average Bonchev–Trinajstić information content (AvgIpc) is 2.75. The summed E-state index contributed by atoms with van der Waals surface area (Å²) in [4.78, 5) is 31.3. The first-order chi connectivity index (χ1) is 15.6. The molecule has 0 radical (unpaired) electrons. The number of alkyl halides is 3. The number of H-pyrrole nitrogens is 1. The van der Waals surface area contributed by atoms with Gasteiger partial charge in [0.15, 0.2) is 11.6 Å². The average molecular weight is 463 g/mol. The molecule has 0 saturated carbocycles. The molecule has 3 aromatic rings. The van der Waals surface area contributed by atoms with E-state index in [0.29, 0.717) is 11.4 Å². The number of aromatic nitrogens is 2. The Morgan fingerprint density at radius 3 is 2.67 bits per heavy atom. The van der Waals surface area contributed by atoms with Crippen LogP contribution in [0.4, 0.5) is 17.6 Å². The van der Waals surface area contributed by atoms with Crippen molar-refractivity contribution in [3.63, 3.8) is 0 Å². The van der Waals surface area contributed by atoms with Gasteiger partial charge in [-0.1, -0.05) is 6.07 Å². The maximum absolute atomic E-state index is 14.6. The van der Waals surface area contributed by atoms with E-state index in [1.807, 2.05) is 0 Å². The number of nitrogens with one attached hydrogen (secondary N) is 2. The smallest absolute Gasteiger partial charge is 0.491 e. The van der Waals surface area contributed by atoms with Gasteiger partial charge in [-0.25, -0.2) is 4.39 Å². The lowest BCUT2D eigenvalue weighted by Crippen LogP contribution is -2.50. The number of amides is 1. The van der Waals surface area contributed by atoms with Crippen molar-refractivity contribution < 1.29 is 31.8 Å². The van der Waals surface area contributed by atoms with E-state index in [-0.39, 0.29) is 29.8 Å². The second-order valence-corrected chi connectivity index (χ2v) is 7.39. The zero-order valence-electron chi connectivity index (χ0n) is 17.1. The number of aryl methyl sites for hydroxylation is 1. The Kier molecular flexibility index (Phi) is 5.56. The number of benzene rings is 1. The fourth-order valence-electron chi connectivity index (χ4n) is 3.67. The summed E-state index contributed by atoms with van der Waals surface area (Å²) in [5.41, 5.74) is -0.709. The molecule has 2 N–H and O–H groups in total. The molecule has 0 spiro atoms. The molecule has 3 heterocycles. The van der Waals surface area contributed by atoms with Gasteiger partial charge in [-0.2, -0.15) is 0 Å². The van der Waals surface area contributed by atoms with Crippen molar-refractivity contribution in [2.75, 3.05) is 6.61 Å². The van der Waals surface area contributed by atoms with E-state index in [1.165, 1.54) is 24.4 Å². The number of ether oxygens (including phenoxy) is 2. The van der Waals surface area contributed by atoms with Crippen LogP contribution in [0.2, 0.25) is 0 Å². The molecule has 4 rings (SSSR count). The standard InChI is InChI=1S/C22H17F4N3O4/c1-12-2-5-17-19(28-12)21(8-9-32-17,29-20(31)13-3-7-18(30)27-11-13)14-4-6-16(15(23)10-14)33-22(24,25)26/h2-7,10-11H,8-9H2,1H3,(H,27,30)(H,29,31)/t21-/m0/s1. The molecular formula is C22H17F4N3O4. The van der Waals surface area contributed by atoms with E-state index in [1.54, 1.807) is 19.1 Å². The molecule has 11 heteroatoms. The number of fused-ring (bicyclic) bond motifs is 1. The lowest BCUT2D eigenvalue weighted by Gasteiger charge is -2.39. The van der Waals surface area contributed by atoms with Crippen molar-refractivity contribution in [3.05, 3.63) is 87.3 Å². The molecule has 1 aliphatic heterocycles. The highest BCUT2D eigenvalue weighted by molar-refractivity contribution is 5.94. The number of hydrogen-bond acceptors (Lipinski definition) is 5. The normalized spacial score (nSPS) is 17.6. The van der Waals surface area contributed by atoms with E-state index >= 15 is 0 Å². The molecule has 0 saturated heterocycles. The summed E-state index contributed by atoms with van der Waals surface area (Å²) in [7, 11) is 0. The Morgan fingerprint density at radius 2 is 2.00 bits per heavy atom. The molecule has 0 bridgehead atoms. The first-order valence-electron chi connectivity index (χ1n) is 9.75. The van der Waals surface area contributed by atoms with Crippen molar-refractivity contribution in [1.29, 1.82) is 0 Å². The first kappa shape index (κ1) is 22.3. The molecule has 2 aromatic heterocycles. The van der Waals surface area contributed by atoms with Gasteiger partial charge in [0.25, 0.3) is 5.91 Å². The van der Waals surface area contributed by atoms with Crippen LogP contribution in [0.5, 0.6) is 11.5 Å². The van der Waals surface area contributed by atoms with Crippen LogP contribution in [0, 0.1) is 12.7 Å². The highest BCUT2D eigenvalue weighted by Gasteiger charge is 2.43. The van der Waals surface area contributed by atoms with Crippen LogP contribution < -0.4 is 20.3 Å². The molecule has 0 aliphatic carbocycles. The number of carbonyl (C=O) groups is 1. The number of hydrogen-bond donors (Lipinski definition) is 2. The predicted octanol–water partition coefficient (Wildman–Crippen LogP) is 3.57. The molecule has 0 unspecified atom stereocenters. The summed E-state index contributed by atoms with van der Waals surface area (Å²) in [6.07, 6.45) is -3.73. The Labute approximate surface area is 184 Å². The van der Waals surface area contributed by atoms with E-state index in [0.717, 1.165) is 12.1 Å². The Morgan fingerprint density at radius 1 is 1.21 bits per heavy atom. The zero-order valence-corrected chi connectivity index (χ0v) is 17.1. The minimum atomic E-state index is -5.07. The number of carbonyl (C=O) groups excluding carboxylic acids is 1.